The summed E-state index contributed by atoms with van der Waals surface area (Å²) in [5, 5.41) is 4.20. The lowest BCUT2D eigenvalue weighted by Gasteiger charge is -2.00. The number of rotatable bonds is 3. The van der Waals surface area contributed by atoms with Gasteiger partial charge in [-0.25, -0.2) is 0 Å². The van der Waals surface area contributed by atoms with Crippen molar-refractivity contribution in [3.63, 3.8) is 0 Å². The van der Waals surface area contributed by atoms with Crippen LogP contribution in [0.2, 0.25) is 0 Å². The van der Waals surface area contributed by atoms with Crippen LogP contribution in [0.4, 0.5) is 0 Å². The molecular weight excluding hydrogens is 317 g/mol. The zero-order chi connectivity index (χ0) is 10.6. The molecule has 0 aliphatic carbocycles. The Morgan fingerprint density at radius 1 is 1.64 bits per heavy atom. The number of hydrogen-bond acceptors (Lipinski definition) is 4. The largest absolute Gasteiger partial charge is 0.468 e. The molecule has 0 aliphatic heterocycles. The van der Waals surface area contributed by atoms with Gasteiger partial charge in [0.2, 0.25) is 0 Å². The van der Waals surface area contributed by atoms with E-state index in [4.69, 9.17) is 0 Å². The third-order valence-corrected chi connectivity index (χ3v) is 3.24. The Morgan fingerprint density at radius 3 is 2.86 bits per heavy atom. The fraction of sp³-hybridized carbons (Fsp3) is 0.250. The van der Waals surface area contributed by atoms with E-state index in [0.717, 1.165) is 2.88 Å². The van der Waals surface area contributed by atoms with Gasteiger partial charge in [0.15, 0.2) is 0 Å². The van der Waals surface area contributed by atoms with Gasteiger partial charge in [-0.15, -0.1) is 11.3 Å². The van der Waals surface area contributed by atoms with Crippen LogP contribution in [0, 0.1) is 2.88 Å². The fourth-order valence-corrected chi connectivity index (χ4v) is 2.08. The first-order chi connectivity index (χ1) is 6.63. The molecule has 0 saturated heterocycles. The molecule has 0 atom stereocenters. The van der Waals surface area contributed by atoms with E-state index >= 15 is 0 Å². The molecular formula is C8H8INO3S. The van der Waals surface area contributed by atoms with E-state index in [2.05, 4.69) is 32.6 Å². The minimum absolute atomic E-state index is 0.0955. The number of amides is 1. The number of methoxy groups -OCH3 is 1. The number of halogens is 1. The first-order valence-corrected chi connectivity index (χ1v) is 5.68. The molecule has 1 amide bonds. The average Bonchev–Trinajstić information content (AvgIpc) is 2.60. The highest BCUT2D eigenvalue weighted by Crippen LogP contribution is 2.16. The molecule has 0 fully saturated rings. The lowest BCUT2D eigenvalue weighted by Crippen LogP contribution is -2.29. The number of esters is 1. The van der Waals surface area contributed by atoms with Crippen LogP contribution >= 0.6 is 33.9 Å². The Labute approximate surface area is 98.8 Å². The summed E-state index contributed by atoms with van der Waals surface area (Å²) in [6, 6.07) is 1.76. The summed E-state index contributed by atoms with van der Waals surface area (Å²) < 4.78 is 5.42. The average molecular weight is 325 g/mol. The maximum atomic E-state index is 11.4. The molecule has 1 heterocycles. The lowest BCUT2D eigenvalue weighted by atomic mass is 10.3. The van der Waals surface area contributed by atoms with Gasteiger partial charge in [-0.3, -0.25) is 9.59 Å². The third kappa shape index (κ3) is 3.26. The Balaban J connectivity index is 2.47. The molecule has 1 aromatic rings. The van der Waals surface area contributed by atoms with Crippen molar-refractivity contribution in [3.05, 3.63) is 19.9 Å². The first kappa shape index (κ1) is 11.4. The fourth-order valence-electron chi connectivity index (χ4n) is 0.756. The molecule has 1 aromatic heterocycles. The van der Waals surface area contributed by atoms with Crippen molar-refractivity contribution in [2.75, 3.05) is 13.7 Å². The summed E-state index contributed by atoms with van der Waals surface area (Å²) in [5.41, 5.74) is 0.573. The Hall–Kier alpha value is -0.630. The molecule has 0 aliphatic rings. The predicted octanol–water partition coefficient (Wildman–Crippen LogP) is 1.26. The SMILES string of the molecule is COC(=O)CNC(=O)c1csc(I)c1. The van der Waals surface area contributed by atoms with Crippen LogP contribution in [-0.4, -0.2) is 25.5 Å². The van der Waals surface area contributed by atoms with E-state index in [1.54, 1.807) is 11.4 Å². The van der Waals surface area contributed by atoms with E-state index in [1.165, 1.54) is 18.4 Å². The maximum absolute atomic E-state index is 11.4. The number of hydrogen-bond donors (Lipinski definition) is 1. The third-order valence-electron chi connectivity index (χ3n) is 1.45. The van der Waals surface area contributed by atoms with Crippen molar-refractivity contribution in [2.24, 2.45) is 0 Å². The highest BCUT2D eigenvalue weighted by atomic mass is 127. The second-order valence-corrected chi connectivity index (χ2v) is 5.20. The van der Waals surface area contributed by atoms with Crippen molar-refractivity contribution < 1.29 is 14.3 Å². The van der Waals surface area contributed by atoms with E-state index in [0.29, 0.717) is 5.56 Å². The van der Waals surface area contributed by atoms with Crippen molar-refractivity contribution >= 4 is 45.8 Å². The van der Waals surface area contributed by atoms with Crippen molar-refractivity contribution in [1.82, 2.24) is 5.32 Å². The minimum atomic E-state index is -0.455. The standard InChI is InChI=1S/C8H8INO3S/c1-13-7(11)3-10-8(12)5-2-6(9)14-4-5/h2,4H,3H2,1H3,(H,10,12). The van der Waals surface area contributed by atoms with Gasteiger partial charge >= 0.3 is 5.97 Å². The van der Waals surface area contributed by atoms with Crippen LogP contribution in [0.1, 0.15) is 10.4 Å². The van der Waals surface area contributed by atoms with E-state index < -0.39 is 5.97 Å². The molecule has 1 rings (SSSR count). The molecule has 1 N–H and O–H groups in total. The normalized spacial score (nSPS) is 9.57. The second kappa shape index (κ2) is 5.30. The number of ether oxygens (including phenoxy) is 1. The molecule has 0 bridgehead atoms. The summed E-state index contributed by atoms with van der Waals surface area (Å²) >= 11 is 3.61. The highest BCUT2D eigenvalue weighted by molar-refractivity contribution is 14.1. The monoisotopic (exact) mass is 325 g/mol. The van der Waals surface area contributed by atoms with Crippen LogP contribution in [0.5, 0.6) is 0 Å². The van der Waals surface area contributed by atoms with E-state index in [1.807, 2.05) is 0 Å². The Kier molecular flexibility index (Phi) is 4.33. The van der Waals surface area contributed by atoms with Crippen LogP contribution in [0.3, 0.4) is 0 Å². The smallest absolute Gasteiger partial charge is 0.325 e. The van der Waals surface area contributed by atoms with Crippen LogP contribution in [0.25, 0.3) is 0 Å². The van der Waals surface area contributed by atoms with Crippen LogP contribution in [0.15, 0.2) is 11.4 Å². The summed E-state index contributed by atoms with van der Waals surface area (Å²) in [5.74, 6) is -0.710. The lowest BCUT2D eigenvalue weighted by molar-refractivity contribution is -0.139. The molecule has 0 aromatic carbocycles. The summed E-state index contributed by atoms with van der Waals surface area (Å²) in [7, 11) is 1.28. The number of carbonyl (C=O) groups excluding carboxylic acids is 2. The van der Waals surface area contributed by atoms with E-state index in [-0.39, 0.29) is 12.5 Å². The molecule has 0 radical (unpaired) electrons. The van der Waals surface area contributed by atoms with Gasteiger partial charge in [-0.05, 0) is 28.7 Å². The second-order valence-electron chi connectivity index (χ2n) is 2.40. The zero-order valence-electron chi connectivity index (χ0n) is 7.37. The van der Waals surface area contributed by atoms with Gasteiger partial charge in [0.25, 0.3) is 5.91 Å². The Morgan fingerprint density at radius 2 is 2.36 bits per heavy atom. The van der Waals surface area contributed by atoms with Gasteiger partial charge in [0.1, 0.15) is 6.54 Å². The van der Waals surface area contributed by atoms with Gasteiger partial charge in [-0.2, -0.15) is 0 Å². The van der Waals surface area contributed by atoms with Gasteiger partial charge in [0.05, 0.1) is 15.6 Å². The van der Waals surface area contributed by atoms with Gasteiger partial charge in [0, 0.05) is 5.38 Å². The number of thiophene rings is 1. The topological polar surface area (TPSA) is 55.4 Å². The molecule has 0 spiro atoms. The Bertz CT molecular complexity index is 350. The van der Waals surface area contributed by atoms with Gasteiger partial charge < -0.3 is 10.1 Å². The maximum Gasteiger partial charge on any atom is 0.325 e. The van der Waals surface area contributed by atoms with E-state index in [9.17, 15) is 9.59 Å². The number of carbonyl (C=O) groups is 2. The van der Waals surface area contributed by atoms with Crippen LogP contribution < -0.4 is 5.32 Å². The molecule has 76 valence electrons. The number of nitrogens with one attached hydrogen (secondary N) is 1. The molecule has 0 unspecified atom stereocenters. The molecule has 0 saturated carbocycles. The van der Waals surface area contributed by atoms with Crippen molar-refractivity contribution in [3.8, 4) is 0 Å². The highest BCUT2D eigenvalue weighted by Gasteiger charge is 2.09. The first-order valence-electron chi connectivity index (χ1n) is 3.72. The summed E-state index contributed by atoms with van der Waals surface area (Å²) in [6.07, 6.45) is 0. The van der Waals surface area contributed by atoms with Crippen molar-refractivity contribution in [1.29, 1.82) is 0 Å². The van der Waals surface area contributed by atoms with Gasteiger partial charge in [-0.1, -0.05) is 0 Å². The molecule has 14 heavy (non-hydrogen) atoms. The predicted molar refractivity (Wildman–Crippen MR) is 61.4 cm³/mol. The summed E-state index contributed by atoms with van der Waals surface area (Å²) in [6.45, 7) is -0.0955. The van der Waals surface area contributed by atoms with Crippen molar-refractivity contribution in [2.45, 2.75) is 0 Å². The molecule has 4 nitrogen and oxygen atoms in total. The van der Waals surface area contributed by atoms with Crippen LogP contribution in [-0.2, 0) is 9.53 Å². The minimum Gasteiger partial charge on any atom is -0.468 e. The zero-order valence-corrected chi connectivity index (χ0v) is 10.3. The summed E-state index contributed by atoms with van der Waals surface area (Å²) in [4.78, 5) is 22.1. The molecule has 6 heteroatoms. The quantitative estimate of drug-likeness (QED) is 0.672.